The number of thioether (sulfide) groups is 1. The lowest BCUT2D eigenvalue weighted by Gasteiger charge is -2.15. The molecule has 4 heterocycles. The van der Waals surface area contributed by atoms with E-state index >= 15 is 0 Å². The number of nitrogens with zero attached hydrogens (tertiary/aromatic N) is 3. The predicted octanol–water partition coefficient (Wildman–Crippen LogP) is 3.19. The molecule has 2 aliphatic heterocycles. The molecule has 5 rings (SSSR count). The van der Waals surface area contributed by atoms with Gasteiger partial charge in [0.1, 0.15) is 15.8 Å². The molecule has 0 saturated carbocycles. The van der Waals surface area contributed by atoms with Gasteiger partial charge in [-0.1, -0.05) is 36.1 Å². The lowest BCUT2D eigenvalue weighted by atomic mass is 10.2. The summed E-state index contributed by atoms with van der Waals surface area (Å²) < 4.78 is 17.8. The number of hydrogen-bond donors (Lipinski definition) is 1. The first-order chi connectivity index (χ1) is 17.0. The highest BCUT2D eigenvalue weighted by Crippen LogP contribution is 2.36. The van der Waals surface area contributed by atoms with Crippen LogP contribution in [0.25, 0.3) is 11.7 Å². The minimum atomic E-state index is -0.278. The van der Waals surface area contributed by atoms with Gasteiger partial charge in [-0.25, -0.2) is 4.98 Å². The van der Waals surface area contributed by atoms with Crippen LogP contribution >= 0.6 is 24.0 Å². The molecule has 0 spiro atoms. The molecule has 2 aliphatic rings. The van der Waals surface area contributed by atoms with Crippen molar-refractivity contribution >= 4 is 51.7 Å². The minimum absolute atomic E-state index is 0.179. The number of carbonyl (C=O) groups is 1. The zero-order valence-corrected chi connectivity index (χ0v) is 20.7. The zero-order valence-electron chi connectivity index (χ0n) is 19.1. The van der Waals surface area contributed by atoms with E-state index in [9.17, 15) is 9.59 Å². The van der Waals surface area contributed by atoms with Gasteiger partial charge in [-0.15, -0.1) is 0 Å². The number of fused-ring (bicyclic) bond motifs is 2. The topological polar surface area (TPSA) is 94.4 Å². The Morgan fingerprint density at radius 3 is 2.91 bits per heavy atom. The number of nitrogens with one attached hydrogen (secondary N) is 1. The third kappa shape index (κ3) is 4.49. The van der Waals surface area contributed by atoms with E-state index in [4.69, 9.17) is 26.4 Å². The number of pyridine rings is 1. The van der Waals surface area contributed by atoms with E-state index in [0.717, 1.165) is 22.9 Å². The fourth-order valence-corrected chi connectivity index (χ4v) is 5.07. The molecule has 0 unspecified atom stereocenters. The molecule has 1 amide bonds. The lowest BCUT2D eigenvalue weighted by molar-refractivity contribution is -0.122. The molecule has 180 valence electrons. The summed E-state index contributed by atoms with van der Waals surface area (Å²) in [5.74, 6) is 1.43. The number of ether oxygens (including phenoxy) is 3. The molecule has 1 aromatic carbocycles. The summed E-state index contributed by atoms with van der Waals surface area (Å²) in [6.45, 7) is 3.24. The molecule has 9 nitrogen and oxygen atoms in total. The Hall–Kier alpha value is -3.41. The van der Waals surface area contributed by atoms with Gasteiger partial charge in [0.25, 0.3) is 11.5 Å². The number of aromatic nitrogens is 2. The molecule has 1 N–H and O–H groups in total. The highest BCUT2D eigenvalue weighted by Gasteiger charge is 2.33. The third-order valence-corrected chi connectivity index (χ3v) is 6.99. The molecule has 35 heavy (non-hydrogen) atoms. The maximum atomic E-state index is 13.4. The largest absolute Gasteiger partial charge is 0.454 e. The van der Waals surface area contributed by atoms with E-state index in [1.54, 1.807) is 25.4 Å². The van der Waals surface area contributed by atoms with Crippen LogP contribution in [0.5, 0.6) is 11.5 Å². The minimum Gasteiger partial charge on any atom is -0.454 e. The second-order valence-corrected chi connectivity index (χ2v) is 9.61. The number of benzene rings is 1. The Morgan fingerprint density at radius 2 is 2.09 bits per heavy atom. The summed E-state index contributed by atoms with van der Waals surface area (Å²) in [6, 6.07) is 9.20. The van der Waals surface area contributed by atoms with Crippen molar-refractivity contribution in [2.75, 3.05) is 32.4 Å². The van der Waals surface area contributed by atoms with Gasteiger partial charge >= 0.3 is 0 Å². The molecule has 1 saturated heterocycles. The van der Waals surface area contributed by atoms with Crippen LogP contribution in [0.1, 0.15) is 16.7 Å². The van der Waals surface area contributed by atoms with Crippen LogP contribution in [0, 0.1) is 6.92 Å². The maximum Gasteiger partial charge on any atom is 0.267 e. The van der Waals surface area contributed by atoms with E-state index in [1.807, 2.05) is 31.2 Å². The van der Waals surface area contributed by atoms with Gasteiger partial charge in [0, 0.05) is 19.9 Å². The van der Waals surface area contributed by atoms with Crippen LogP contribution in [0.3, 0.4) is 0 Å². The molecular weight excluding hydrogens is 488 g/mol. The standard InChI is InChI=1S/C24H22N4O5S2/c1-14-4-3-8-27-21(14)26-20(25-7-9-31-2)16(22(27)29)11-19-23(30)28(24(34)35-19)12-15-5-6-17-18(10-15)33-13-32-17/h3-6,8,10-11,25H,7,9,12-13H2,1-2H3/b19-11-. The number of thiocarbonyl (C=S) groups is 1. The van der Waals surface area contributed by atoms with Crippen molar-refractivity contribution in [3.63, 3.8) is 0 Å². The molecule has 11 heteroatoms. The van der Waals surface area contributed by atoms with Crippen LogP contribution in [0.2, 0.25) is 0 Å². The fourth-order valence-electron chi connectivity index (χ4n) is 3.84. The zero-order chi connectivity index (χ0) is 24.5. The number of hydrogen-bond acceptors (Lipinski definition) is 9. The lowest BCUT2D eigenvalue weighted by Crippen LogP contribution is -2.27. The normalized spacial score (nSPS) is 16.1. The van der Waals surface area contributed by atoms with Crippen molar-refractivity contribution in [3.05, 3.63) is 68.5 Å². The average Bonchev–Trinajstić information content (AvgIpc) is 3.41. The maximum absolute atomic E-state index is 13.4. The third-order valence-electron chi connectivity index (χ3n) is 5.61. The van der Waals surface area contributed by atoms with Crippen molar-refractivity contribution < 1.29 is 19.0 Å². The van der Waals surface area contributed by atoms with Crippen molar-refractivity contribution in [1.82, 2.24) is 14.3 Å². The first-order valence-electron chi connectivity index (χ1n) is 10.8. The molecule has 0 bridgehead atoms. The van der Waals surface area contributed by atoms with E-state index in [0.29, 0.717) is 45.3 Å². The van der Waals surface area contributed by atoms with Crippen LogP contribution in [-0.2, 0) is 16.1 Å². The van der Waals surface area contributed by atoms with Gasteiger partial charge in [-0.2, -0.15) is 0 Å². The highest BCUT2D eigenvalue weighted by atomic mass is 32.2. The molecule has 2 aromatic heterocycles. The fraction of sp³-hybridized carbons (Fsp3) is 0.250. The smallest absolute Gasteiger partial charge is 0.267 e. The van der Waals surface area contributed by atoms with Crippen LogP contribution in [-0.4, -0.2) is 51.6 Å². The Balaban J connectivity index is 1.49. The van der Waals surface area contributed by atoms with Crippen molar-refractivity contribution in [3.8, 4) is 11.5 Å². The summed E-state index contributed by atoms with van der Waals surface area (Å²) in [7, 11) is 1.60. The van der Waals surface area contributed by atoms with Crippen molar-refractivity contribution in [1.29, 1.82) is 0 Å². The van der Waals surface area contributed by atoms with E-state index in [2.05, 4.69) is 10.3 Å². The van der Waals surface area contributed by atoms with Gasteiger partial charge in [0.05, 0.1) is 23.6 Å². The molecule has 1 fully saturated rings. The van der Waals surface area contributed by atoms with E-state index in [-0.39, 0.29) is 30.4 Å². The van der Waals surface area contributed by atoms with Crippen molar-refractivity contribution in [2.24, 2.45) is 0 Å². The SMILES string of the molecule is COCCNc1nc2c(C)cccn2c(=O)c1/C=C1\SC(=S)N(Cc2ccc3c(c2)OCO3)C1=O. The summed E-state index contributed by atoms with van der Waals surface area (Å²) in [4.78, 5) is 33.2. The molecule has 0 radical (unpaired) electrons. The molecule has 0 aliphatic carbocycles. The Kier molecular flexibility index (Phi) is 6.46. The first-order valence-corrected chi connectivity index (χ1v) is 12.1. The van der Waals surface area contributed by atoms with E-state index < -0.39 is 0 Å². The highest BCUT2D eigenvalue weighted by molar-refractivity contribution is 8.26. The number of amides is 1. The Morgan fingerprint density at radius 1 is 1.26 bits per heavy atom. The van der Waals surface area contributed by atoms with Crippen LogP contribution in [0.4, 0.5) is 5.82 Å². The second-order valence-electron chi connectivity index (χ2n) is 7.94. The molecule has 0 atom stereocenters. The summed E-state index contributed by atoms with van der Waals surface area (Å²) in [5, 5.41) is 3.16. The van der Waals surface area contributed by atoms with Gasteiger partial charge in [-0.05, 0) is 42.3 Å². The molecular formula is C24H22N4O5S2. The first kappa shape index (κ1) is 23.3. The number of carbonyl (C=O) groups excluding carboxylic acids is 1. The van der Waals surface area contributed by atoms with Crippen LogP contribution < -0.4 is 20.3 Å². The number of anilines is 1. The van der Waals surface area contributed by atoms with Gasteiger partial charge in [0.15, 0.2) is 11.5 Å². The monoisotopic (exact) mass is 510 g/mol. The van der Waals surface area contributed by atoms with E-state index in [1.165, 1.54) is 9.30 Å². The van der Waals surface area contributed by atoms with Gasteiger partial charge < -0.3 is 19.5 Å². The quantitative estimate of drug-likeness (QED) is 0.292. The Bertz CT molecular complexity index is 1440. The van der Waals surface area contributed by atoms with Gasteiger partial charge in [-0.3, -0.25) is 18.9 Å². The van der Waals surface area contributed by atoms with Crippen molar-refractivity contribution in [2.45, 2.75) is 13.5 Å². The number of methoxy groups -OCH3 is 1. The summed E-state index contributed by atoms with van der Waals surface area (Å²) in [5.41, 5.74) is 2.27. The second kappa shape index (κ2) is 9.68. The Labute approximate surface area is 210 Å². The predicted molar refractivity (Wildman–Crippen MR) is 138 cm³/mol. The number of aryl methyl sites for hydroxylation is 1. The average molecular weight is 511 g/mol. The summed E-state index contributed by atoms with van der Waals surface area (Å²) in [6.07, 6.45) is 3.23. The van der Waals surface area contributed by atoms with Crippen LogP contribution in [0.15, 0.2) is 46.2 Å². The number of rotatable bonds is 7. The van der Waals surface area contributed by atoms with Gasteiger partial charge in [0.2, 0.25) is 6.79 Å². The summed E-state index contributed by atoms with van der Waals surface area (Å²) >= 11 is 6.66. The molecule has 3 aromatic rings.